The van der Waals surface area contributed by atoms with Gasteiger partial charge >= 0.3 is 0 Å². The molecule has 2 rings (SSSR count). The average Bonchev–Trinajstić information content (AvgIpc) is 2.70. The quantitative estimate of drug-likeness (QED) is 0.938. The minimum Gasteiger partial charge on any atom is -0.395 e. The van der Waals surface area contributed by atoms with Crippen molar-refractivity contribution in [2.24, 2.45) is 7.05 Å². The van der Waals surface area contributed by atoms with Crippen LogP contribution in [0.4, 0.5) is 5.69 Å². The molecule has 1 amide bonds. The van der Waals surface area contributed by atoms with Crippen LogP contribution >= 0.6 is 0 Å². The second-order valence-corrected chi connectivity index (χ2v) is 5.48. The SMILES string of the molecule is Cc1nn(C)c(C(=O)N(Cc2ccccc2)C(C)C)c1N. The molecule has 5 nitrogen and oxygen atoms in total. The fraction of sp³-hybridized carbons (Fsp3) is 0.375. The van der Waals surface area contributed by atoms with Gasteiger partial charge in [0.1, 0.15) is 5.69 Å². The van der Waals surface area contributed by atoms with Crippen LogP contribution < -0.4 is 5.73 Å². The molecule has 0 spiro atoms. The van der Waals surface area contributed by atoms with Crippen molar-refractivity contribution in [2.75, 3.05) is 5.73 Å². The van der Waals surface area contributed by atoms with E-state index in [4.69, 9.17) is 5.73 Å². The molecule has 0 saturated heterocycles. The molecular formula is C16H22N4O. The van der Waals surface area contributed by atoms with E-state index in [-0.39, 0.29) is 11.9 Å². The summed E-state index contributed by atoms with van der Waals surface area (Å²) in [6, 6.07) is 10.0. The van der Waals surface area contributed by atoms with Crippen LogP contribution in [0.3, 0.4) is 0 Å². The number of nitrogen functional groups attached to an aromatic ring is 1. The molecule has 2 aromatic rings. The van der Waals surface area contributed by atoms with Crippen LogP contribution in [-0.2, 0) is 13.6 Å². The van der Waals surface area contributed by atoms with E-state index >= 15 is 0 Å². The van der Waals surface area contributed by atoms with Crippen molar-refractivity contribution < 1.29 is 4.79 Å². The molecule has 0 aliphatic carbocycles. The average molecular weight is 286 g/mol. The molecule has 0 atom stereocenters. The first-order valence-corrected chi connectivity index (χ1v) is 7.05. The van der Waals surface area contributed by atoms with Gasteiger partial charge in [-0.15, -0.1) is 0 Å². The number of aryl methyl sites for hydroxylation is 2. The lowest BCUT2D eigenvalue weighted by Gasteiger charge is -2.27. The van der Waals surface area contributed by atoms with Crippen LogP contribution in [0.5, 0.6) is 0 Å². The number of nitrogens with zero attached hydrogens (tertiary/aromatic N) is 3. The van der Waals surface area contributed by atoms with E-state index in [1.54, 1.807) is 11.7 Å². The maximum absolute atomic E-state index is 12.8. The summed E-state index contributed by atoms with van der Waals surface area (Å²) in [4.78, 5) is 14.6. The van der Waals surface area contributed by atoms with E-state index in [0.717, 1.165) is 5.56 Å². The Morgan fingerprint density at radius 3 is 2.43 bits per heavy atom. The summed E-state index contributed by atoms with van der Waals surface area (Å²) in [5.41, 5.74) is 8.70. The van der Waals surface area contributed by atoms with Gasteiger partial charge in [0.05, 0.1) is 11.4 Å². The Morgan fingerprint density at radius 1 is 1.33 bits per heavy atom. The number of hydrogen-bond acceptors (Lipinski definition) is 3. The third-order valence-electron chi connectivity index (χ3n) is 3.55. The third kappa shape index (κ3) is 3.07. The van der Waals surface area contributed by atoms with Gasteiger partial charge in [0.25, 0.3) is 5.91 Å². The molecule has 0 fully saturated rings. The number of hydrogen-bond donors (Lipinski definition) is 1. The van der Waals surface area contributed by atoms with E-state index in [9.17, 15) is 4.79 Å². The predicted octanol–water partition coefficient (Wildman–Crippen LogP) is 2.36. The van der Waals surface area contributed by atoms with Crippen LogP contribution in [0.15, 0.2) is 30.3 Å². The Hall–Kier alpha value is -2.30. The first kappa shape index (κ1) is 15.1. The highest BCUT2D eigenvalue weighted by Gasteiger charge is 2.25. The monoisotopic (exact) mass is 286 g/mol. The topological polar surface area (TPSA) is 64.2 Å². The zero-order chi connectivity index (χ0) is 15.6. The summed E-state index contributed by atoms with van der Waals surface area (Å²) < 4.78 is 1.56. The van der Waals surface area contributed by atoms with Crippen molar-refractivity contribution in [2.45, 2.75) is 33.4 Å². The zero-order valence-corrected chi connectivity index (χ0v) is 13.0. The summed E-state index contributed by atoms with van der Waals surface area (Å²) in [6.07, 6.45) is 0. The van der Waals surface area contributed by atoms with E-state index < -0.39 is 0 Å². The molecule has 112 valence electrons. The Morgan fingerprint density at radius 2 is 1.95 bits per heavy atom. The second-order valence-electron chi connectivity index (χ2n) is 5.48. The smallest absolute Gasteiger partial charge is 0.274 e. The van der Waals surface area contributed by atoms with Gasteiger partial charge in [0.2, 0.25) is 0 Å². The van der Waals surface area contributed by atoms with Crippen LogP contribution in [0.2, 0.25) is 0 Å². The van der Waals surface area contributed by atoms with Crippen LogP contribution in [-0.4, -0.2) is 26.6 Å². The predicted molar refractivity (Wildman–Crippen MR) is 83.8 cm³/mol. The van der Waals surface area contributed by atoms with Crippen LogP contribution in [0.1, 0.15) is 35.6 Å². The lowest BCUT2D eigenvalue weighted by molar-refractivity contribution is 0.0680. The highest BCUT2D eigenvalue weighted by molar-refractivity contribution is 5.98. The number of carbonyl (C=O) groups is 1. The molecule has 0 radical (unpaired) electrons. The Labute approximate surface area is 125 Å². The van der Waals surface area contributed by atoms with Gasteiger partial charge in [-0.05, 0) is 26.3 Å². The number of carbonyl (C=O) groups excluding carboxylic acids is 1. The standard InChI is InChI=1S/C16H22N4O/c1-11(2)20(10-13-8-6-5-7-9-13)16(21)15-14(17)12(3)18-19(15)4/h5-9,11H,10,17H2,1-4H3. The summed E-state index contributed by atoms with van der Waals surface area (Å²) in [6.45, 7) is 6.37. The van der Waals surface area contributed by atoms with Crippen molar-refractivity contribution in [3.8, 4) is 0 Å². The number of aromatic nitrogens is 2. The van der Waals surface area contributed by atoms with E-state index in [2.05, 4.69) is 5.10 Å². The van der Waals surface area contributed by atoms with E-state index in [0.29, 0.717) is 23.6 Å². The summed E-state index contributed by atoms with van der Waals surface area (Å²) in [7, 11) is 1.75. The maximum atomic E-state index is 12.8. The molecule has 0 bridgehead atoms. The van der Waals surface area contributed by atoms with Crippen molar-refractivity contribution in [3.63, 3.8) is 0 Å². The van der Waals surface area contributed by atoms with Gasteiger partial charge in [0.15, 0.2) is 0 Å². The largest absolute Gasteiger partial charge is 0.395 e. The fourth-order valence-electron chi connectivity index (χ4n) is 2.33. The Balaban J connectivity index is 2.32. The van der Waals surface area contributed by atoms with Gasteiger partial charge in [0, 0.05) is 19.6 Å². The molecule has 1 aromatic carbocycles. The lowest BCUT2D eigenvalue weighted by Crippen LogP contribution is -2.37. The maximum Gasteiger partial charge on any atom is 0.274 e. The molecule has 0 aliphatic rings. The van der Waals surface area contributed by atoms with Crippen molar-refractivity contribution in [1.82, 2.24) is 14.7 Å². The summed E-state index contributed by atoms with van der Waals surface area (Å²) in [5.74, 6) is -0.0885. The van der Waals surface area contributed by atoms with Gasteiger partial charge in [-0.1, -0.05) is 30.3 Å². The molecule has 21 heavy (non-hydrogen) atoms. The molecule has 0 saturated carbocycles. The summed E-state index contributed by atoms with van der Waals surface area (Å²) >= 11 is 0. The molecule has 0 unspecified atom stereocenters. The number of anilines is 1. The summed E-state index contributed by atoms with van der Waals surface area (Å²) in [5, 5.41) is 4.22. The van der Waals surface area contributed by atoms with E-state index in [1.807, 2.05) is 56.0 Å². The van der Waals surface area contributed by atoms with Crippen LogP contribution in [0, 0.1) is 6.92 Å². The third-order valence-corrected chi connectivity index (χ3v) is 3.55. The van der Waals surface area contributed by atoms with Crippen molar-refractivity contribution in [1.29, 1.82) is 0 Å². The van der Waals surface area contributed by atoms with E-state index in [1.165, 1.54) is 0 Å². The Bertz CT molecular complexity index is 631. The molecule has 1 aromatic heterocycles. The van der Waals surface area contributed by atoms with Gasteiger partial charge in [-0.3, -0.25) is 9.48 Å². The highest BCUT2D eigenvalue weighted by atomic mass is 16.2. The Kier molecular flexibility index (Phi) is 4.31. The lowest BCUT2D eigenvalue weighted by atomic mass is 10.1. The zero-order valence-electron chi connectivity index (χ0n) is 13.0. The van der Waals surface area contributed by atoms with Crippen molar-refractivity contribution in [3.05, 3.63) is 47.3 Å². The van der Waals surface area contributed by atoms with Gasteiger partial charge in [-0.25, -0.2) is 0 Å². The molecular weight excluding hydrogens is 264 g/mol. The molecule has 0 aliphatic heterocycles. The van der Waals surface area contributed by atoms with Crippen molar-refractivity contribution >= 4 is 11.6 Å². The molecule has 5 heteroatoms. The number of benzene rings is 1. The second kappa shape index (κ2) is 5.99. The number of amides is 1. The minimum atomic E-state index is -0.0885. The molecule has 2 N–H and O–H groups in total. The minimum absolute atomic E-state index is 0.0762. The highest BCUT2D eigenvalue weighted by Crippen LogP contribution is 2.20. The van der Waals surface area contributed by atoms with Gasteiger partial charge < -0.3 is 10.6 Å². The number of nitrogens with two attached hydrogens (primary N) is 1. The number of rotatable bonds is 4. The normalized spacial score (nSPS) is 10.9. The molecule has 1 heterocycles. The fourth-order valence-corrected chi connectivity index (χ4v) is 2.33. The first-order chi connectivity index (χ1) is 9.91. The van der Waals surface area contributed by atoms with Crippen LogP contribution in [0.25, 0.3) is 0 Å². The van der Waals surface area contributed by atoms with Gasteiger partial charge in [-0.2, -0.15) is 5.10 Å². The first-order valence-electron chi connectivity index (χ1n) is 7.05.